The van der Waals surface area contributed by atoms with E-state index in [1.165, 1.54) is 5.56 Å². The summed E-state index contributed by atoms with van der Waals surface area (Å²) >= 11 is 0. The molecule has 2 heterocycles. The summed E-state index contributed by atoms with van der Waals surface area (Å²) in [5, 5.41) is 0. The molecule has 29 heavy (non-hydrogen) atoms. The molecule has 0 saturated carbocycles. The van der Waals surface area contributed by atoms with E-state index in [0.29, 0.717) is 31.7 Å². The molecular formula is C23H28ClN3O2. The average Bonchev–Trinajstić information content (AvgIpc) is 3.15. The topological polar surface area (TPSA) is 66.6 Å². The van der Waals surface area contributed by atoms with Gasteiger partial charge in [-0.05, 0) is 30.5 Å². The summed E-state index contributed by atoms with van der Waals surface area (Å²) in [6.07, 6.45) is 1.69. The molecule has 1 unspecified atom stereocenters. The van der Waals surface area contributed by atoms with E-state index >= 15 is 0 Å². The van der Waals surface area contributed by atoms with E-state index in [1.54, 1.807) is 0 Å². The quantitative estimate of drug-likeness (QED) is 0.841. The number of benzene rings is 2. The molecule has 2 aliphatic heterocycles. The molecule has 0 bridgehead atoms. The number of amides is 2. The summed E-state index contributed by atoms with van der Waals surface area (Å²) in [6, 6.07) is 19.4. The molecule has 5 nitrogen and oxygen atoms in total. The van der Waals surface area contributed by atoms with Crippen LogP contribution in [0.1, 0.15) is 34.7 Å². The molecule has 2 saturated heterocycles. The summed E-state index contributed by atoms with van der Waals surface area (Å²) in [4.78, 5) is 29.7. The smallest absolute Gasteiger partial charge is 0.253 e. The molecule has 2 aliphatic rings. The lowest BCUT2D eigenvalue weighted by Gasteiger charge is -2.34. The van der Waals surface area contributed by atoms with Crippen LogP contribution in [-0.2, 0) is 4.79 Å². The van der Waals surface area contributed by atoms with Crippen LogP contribution in [0.3, 0.4) is 0 Å². The predicted molar refractivity (Wildman–Crippen MR) is 116 cm³/mol. The summed E-state index contributed by atoms with van der Waals surface area (Å²) in [5.74, 6) is 0.191. The van der Waals surface area contributed by atoms with E-state index < -0.39 is 0 Å². The van der Waals surface area contributed by atoms with Crippen molar-refractivity contribution in [3.8, 4) is 0 Å². The predicted octanol–water partition coefficient (Wildman–Crippen LogP) is 2.91. The van der Waals surface area contributed by atoms with E-state index in [9.17, 15) is 9.59 Å². The second-order valence-electron chi connectivity index (χ2n) is 7.88. The molecule has 154 valence electrons. The zero-order chi connectivity index (χ0) is 19.5. The number of hydrogen-bond acceptors (Lipinski definition) is 3. The Bertz CT molecular complexity index is 831. The van der Waals surface area contributed by atoms with Crippen molar-refractivity contribution in [2.75, 3.05) is 26.2 Å². The van der Waals surface area contributed by atoms with Gasteiger partial charge in [-0.1, -0.05) is 48.5 Å². The number of rotatable bonds is 3. The van der Waals surface area contributed by atoms with Crippen LogP contribution in [0.5, 0.6) is 0 Å². The van der Waals surface area contributed by atoms with Gasteiger partial charge in [0, 0.05) is 43.7 Å². The number of carbonyl (C=O) groups is 2. The van der Waals surface area contributed by atoms with Crippen molar-refractivity contribution in [1.82, 2.24) is 9.80 Å². The van der Waals surface area contributed by atoms with Crippen molar-refractivity contribution < 1.29 is 9.59 Å². The number of likely N-dealkylation sites (tertiary alicyclic amines) is 2. The minimum Gasteiger partial charge on any atom is -0.340 e. The van der Waals surface area contributed by atoms with Crippen LogP contribution in [-0.4, -0.2) is 53.8 Å². The van der Waals surface area contributed by atoms with Gasteiger partial charge in [0.1, 0.15) is 0 Å². The third kappa shape index (κ3) is 4.62. The molecule has 2 aromatic rings. The van der Waals surface area contributed by atoms with Crippen LogP contribution in [0, 0.1) is 5.92 Å². The second kappa shape index (κ2) is 9.42. The first-order chi connectivity index (χ1) is 13.6. The summed E-state index contributed by atoms with van der Waals surface area (Å²) < 4.78 is 0. The highest BCUT2D eigenvalue weighted by molar-refractivity contribution is 5.94. The molecular weight excluding hydrogens is 386 g/mol. The van der Waals surface area contributed by atoms with E-state index in [-0.39, 0.29) is 42.1 Å². The molecule has 0 aliphatic carbocycles. The Morgan fingerprint density at radius 2 is 1.52 bits per heavy atom. The Kier molecular flexibility index (Phi) is 6.93. The van der Waals surface area contributed by atoms with Crippen LogP contribution < -0.4 is 5.73 Å². The molecule has 0 spiro atoms. The summed E-state index contributed by atoms with van der Waals surface area (Å²) in [7, 11) is 0. The lowest BCUT2D eigenvalue weighted by molar-refractivity contribution is -0.135. The fourth-order valence-electron chi connectivity index (χ4n) is 4.45. The Morgan fingerprint density at radius 3 is 2.21 bits per heavy atom. The van der Waals surface area contributed by atoms with Crippen LogP contribution >= 0.6 is 12.4 Å². The third-order valence-electron chi connectivity index (χ3n) is 5.98. The second-order valence-corrected chi connectivity index (χ2v) is 7.88. The number of piperidine rings is 1. The van der Waals surface area contributed by atoms with Gasteiger partial charge in [0.15, 0.2) is 0 Å². The maximum absolute atomic E-state index is 13.2. The zero-order valence-electron chi connectivity index (χ0n) is 16.4. The third-order valence-corrected chi connectivity index (χ3v) is 5.98. The monoisotopic (exact) mass is 413 g/mol. The number of hydrogen-bond donors (Lipinski definition) is 1. The van der Waals surface area contributed by atoms with Crippen LogP contribution in [0.25, 0.3) is 0 Å². The molecule has 2 fully saturated rings. The van der Waals surface area contributed by atoms with E-state index in [2.05, 4.69) is 12.1 Å². The van der Waals surface area contributed by atoms with Gasteiger partial charge in [-0.3, -0.25) is 9.59 Å². The first kappa shape index (κ1) is 21.3. The van der Waals surface area contributed by atoms with E-state index in [4.69, 9.17) is 5.73 Å². The molecule has 4 rings (SSSR count). The Balaban J connectivity index is 0.00000240. The molecule has 3 atom stereocenters. The number of halogens is 1. The average molecular weight is 414 g/mol. The van der Waals surface area contributed by atoms with Gasteiger partial charge in [-0.15, -0.1) is 12.4 Å². The highest BCUT2D eigenvalue weighted by atomic mass is 35.5. The summed E-state index contributed by atoms with van der Waals surface area (Å²) in [5.41, 5.74) is 8.23. The molecule has 0 aromatic heterocycles. The van der Waals surface area contributed by atoms with Gasteiger partial charge in [0.2, 0.25) is 5.91 Å². The SMILES string of the molecule is Cl.N[C@@H]1CN(C(=O)C2CCCN(C(=O)c3ccccc3)C2)C[C@H]1c1ccccc1. The fourth-order valence-corrected chi connectivity index (χ4v) is 4.45. The van der Waals surface area contributed by atoms with Crippen LogP contribution in [0.15, 0.2) is 60.7 Å². The van der Waals surface area contributed by atoms with E-state index in [1.807, 2.05) is 58.3 Å². The van der Waals surface area contributed by atoms with E-state index in [0.717, 1.165) is 12.8 Å². The Labute approximate surface area is 178 Å². The fraction of sp³-hybridized carbons (Fsp3) is 0.391. The van der Waals surface area contributed by atoms with Gasteiger partial charge in [-0.25, -0.2) is 0 Å². The van der Waals surface area contributed by atoms with Gasteiger partial charge >= 0.3 is 0 Å². The highest BCUT2D eigenvalue weighted by Crippen LogP contribution is 2.29. The van der Waals surface area contributed by atoms with Crippen molar-refractivity contribution in [3.63, 3.8) is 0 Å². The number of nitrogens with zero attached hydrogens (tertiary/aromatic N) is 2. The van der Waals surface area contributed by atoms with Crippen molar-refractivity contribution >= 4 is 24.2 Å². The molecule has 6 heteroatoms. The first-order valence-corrected chi connectivity index (χ1v) is 10.1. The van der Waals surface area contributed by atoms with Crippen LogP contribution in [0.2, 0.25) is 0 Å². The lowest BCUT2D eigenvalue weighted by atomic mass is 9.95. The van der Waals surface area contributed by atoms with Crippen molar-refractivity contribution in [3.05, 3.63) is 71.8 Å². The zero-order valence-corrected chi connectivity index (χ0v) is 17.3. The highest BCUT2D eigenvalue weighted by Gasteiger charge is 2.38. The Hall–Kier alpha value is -2.37. The Morgan fingerprint density at radius 1 is 0.862 bits per heavy atom. The van der Waals surface area contributed by atoms with Gasteiger partial charge in [0.25, 0.3) is 5.91 Å². The van der Waals surface area contributed by atoms with Gasteiger partial charge in [0.05, 0.1) is 5.92 Å². The first-order valence-electron chi connectivity index (χ1n) is 10.1. The van der Waals surface area contributed by atoms with Crippen LogP contribution in [0.4, 0.5) is 0 Å². The lowest BCUT2D eigenvalue weighted by Crippen LogP contribution is -2.46. The van der Waals surface area contributed by atoms with Gasteiger partial charge < -0.3 is 15.5 Å². The normalized spacial score (nSPS) is 24.1. The summed E-state index contributed by atoms with van der Waals surface area (Å²) in [6.45, 7) is 2.45. The van der Waals surface area contributed by atoms with Crippen molar-refractivity contribution in [2.45, 2.75) is 24.8 Å². The molecule has 2 aromatic carbocycles. The maximum Gasteiger partial charge on any atom is 0.253 e. The minimum absolute atomic E-state index is 0. The molecule has 0 radical (unpaired) electrons. The number of nitrogens with two attached hydrogens (primary N) is 1. The molecule has 2 amide bonds. The largest absolute Gasteiger partial charge is 0.340 e. The van der Waals surface area contributed by atoms with Crippen molar-refractivity contribution in [1.29, 1.82) is 0 Å². The molecule has 2 N–H and O–H groups in total. The standard InChI is InChI=1S/C23H27N3O2.ClH/c24-21-16-26(15-20(21)17-8-3-1-4-9-17)23(28)19-12-7-13-25(14-19)22(27)18-10-5-2-6-11-18;/h1-6,8-11,19-21H,7,12-16,24H2;1H/t19?,20-,21+;/m0./s1. The minimum atomic E-state index is -0.136. The maximum atomic E-state index is 13.2. The number of carbonyl (C=O) groups excluding carboxylic acids is 2. The van der Waals surface area contributed by atoms with Gasteiger partial charge in [-0.2, -0.15) is 0 Å². The van der Waals surface area contributed by atoms with Crippen molar-refractivity contribution in [2.24, 2.45) is 11.7 Å².